The van der Waals surface area contributed by atoms with Crippen LogP contribution in [0.5, 0.6) is 0 Å². The fraction of sp³-hybridized carbons (Fsp3) is 0.600. The Hall–Kier alpha value is -1.98. The Labute approximate surface area is 124 Å². The predicted molar refractivity (Wildman–Crippen MR) is 78.2 cm³/mol. The number of rotatable bonds is 6. The van der Waals surface area contributed by atoms with Crippen molar-refractivity contribution in [3.63, 3.8) is 0 Å². The molecule has 0 radical (unpaired) electrons. The zero-order valence-corrected chi connectivity index (χ0v) is 13.2. The minimum Gasteiger partial charge on any atom is -0.467 e. The van der Waals surface area contributed by atoms with Gasteiger partial charge >= 0.3 is 5.97 Å². The molecule has 0 saturated heterocycles. The lowest BCUT2D eigenvalue weighted by atomic mass is 10.0. The number of hydrogen-bond donors (Lipinski definition) is 0. The molecule has 0 saturated carbocycles. The van der Waals surface area contributed by atoms with Crippen LogP contribution >= 0.6 is 0 Å². The Kier molecular flexibility index (Phi) is 5.81. The number of aromatic nitrogens is 2. The summed E-state index contributed by atoms with van der Waals surface area (Å²) in [6.07, 6.45) is 1.30. The number of hydrogen-bond acceptors (Lipinski definition) is 5. The van der Waals surface area contributed by atoms with Gasteiger partial charge in [-0.1, -0.05) is 13.8 Å². The van der Waals surface area contributed by atoms with Crippen molar-refractivity contribution in [3.8, 4) is 0 Å². The molecule has 1 heterocycles. The van der Waals surface area contributed by atoms with E-state index in [1.165, 1.54) is 7.11 Å². The van der Waals surface area contributed by atoms with Gasteiger partial charge in [-0.2, -0.15) is 5.10 Å². The van der Waals surface area contributed by atoms with Crippen LogP contribution in [0.4, 0.5) is 0 Å². The van der Waals surface area contributed by atoms with Gasteiger partial charge in [-0.25, -0.2) is 9.48 Å². The predicted octanol–water partition coefficient (Wildman–Crippen LogP) is 1.36. The zero-order chi connectivity index (χ0) is 16.2. The van der Waals surface area contributed by atoms with Crippen molar-refractivity contribution in [1.29, 1.82) is 0 Å². The maximum atomic E-state index is 12.4. The van der Waals surface area contributed by atoms with E-state index in [9.17, 15) is 14.4 Å². The lowest BCUT2D eigenvalue weighted by molar-refractivity contribution is -0.145. The molecule has 0 fully saturated rings. The maximum absolute atomic E-state index is 12.4. The van der Waals surface area contributed by atoms with Crippen LogP contribution in [0, 0.1) is 19.8 Å². The van der Waals surface area contributed by atoms with Gasteiger partial charge in [0, 0.05) is 12.0 Å². The molecule has 116 valence electrons. The summed E-state index contributed by atoms with van der Waals surface area (Å²) in [6, 6.07) is -0.771. The minimum absolute atomic E-state index is 0.114. The minimum atomic E-state index is -0.771. The maximum Gasteiger partial charge on any atom is 0.330 e. The summed E-state index contributed by atoms with van der Waals surface area (Å²) in [4.78, 5) is 35.1. The summed E-state index contributed by atoms with van der Waals surface area (Å²) >= 11 is 0. The van der Waals surface area contributed by atoms with Gasteiger partial charge in [-0.05, 0) is 31.7 Å². The van der Waals surface area contributed by atoms with Crippen LogP contribution in [-0.2, 0) is 20.7 Å². The molecule has 0 aliphatic rings. The third-order valence-electron chi connectivity index (χ3n) is 3.49. The number of nitrogens with zero attached hydrogens (tertiary/aromatic N) is 2. The molecule has 0 bridgehead atoms. The molecule has 21 heavy (non-hydrogen) atoms. The highest BCUT2D eigenvalue weighted by Gasteiger charge is 2.26. The fourth-order valence-electron chi connectivity index (χ4n) is 2.16. The number of ether oxygens (including phenoxy) is 1. The van der Waals surface area contributed by atoms with E-state index in [1.54, 1.807) is 13.8 Å². The second kappa shape index (κ2) is 7.15. The lowest BCUT2D eigenvalue weighted by Gasteiger charge is -2.20. The average molecular weight is 294 g/mol. The van der Waals surface area contributed by atoms with Crippen LogP contribution in [0.15, 0.2) is 4.79 Å². The molecular weight excluding hydrogens is 272 g/mol. The first kappa shape index (κ1) is 17.1. The zero-order valence-electron chi connectivity index (χ0n) is 13.2. The van der Waals surface area contributed by atoms with E-state index in [4.69, 9.17) is 4.74 Å². The number of esters is 1. The van der Waals surface area contributed by atoms with Crippen LogP contribution in [0.1, 0.15) is 43.1 Å². The molecular formula is C15H22N2O4. The molecule has 0 unspecified atom stereocenters. The molecule has 0 aliphatic carbocycles. The number of carbonyl (C=O) groups excluding carboxylic acids is 2. The molecule has 6 nitrogen and oxygen atoms in total. The van der Waals surface area contributed by atoms with E-state index in [-0.39, 0.29) is 17.9 Å². The summed E-state index contributed by atoms with van der Waals surface area (Å²) in [6.45, 7) is 7.33. The van der Waals surface area contributed by atoms with E-state index in [2.05, 4.69) is 5.10 Å². The highest BCUT2D eigenvalue weighted by molar-refractivity contribution is 5.74. The average Bonchev–Trinajstić information content (AvgIpc) is 2.45. The van der Waals surface area contributed by atoms with Crippen LogP contribution in [0.2, 0.25) is 0 Å². The number of carbonyl (C=O) groups is 2. The Balaban J connectivity index is 3.46. The second-order valence-corrected chi connectivity index (χ2v) is 5.49. The van der Waals surface area contributed by atoms with Gasteiger partial charge in [0.2, 0.25) is 0 Å². The second-order valence-electron chi connectivity index (χ2n) is 5.49. The van der Waals surface area contributed by atoms with Crippen LogP contribution < -0.4 is 5.56 Å². The fourth-order valence-corrected chi connectivity index (χ4v) is 2.16. The molecule has 1 atom stereocenters. The molecule has 0 N–H and O–H groups in total. The normalized spacial score (nSPS) is 12.3. The van der Waals surface area contributed by atoms with Crippen molar-refractivity contribution < 1.29 is 14.3 Å². The van der Waals surface area contributed by atoms with E-state index in [1.807, 2.05) is 13.8 Å². The molecule has 1 aromatic rings. The Bertz CT molecular complexity index is 590. The summed E-state index contributed by atoms with van der Waals surface area (Å²) in [7, 11) is 1.29. The van der Waals surface area contributed by atoms with Crippen molar-refractivity contribution in [2.75, 3.05) is 7.11 Å². The first-order chi connectivity index (χ1) is 9.83. The highest BCUT2D eigenvalue weighted by atomic mass is 16.5. The van der Waals surface area contributed by atoms with Gasteiger partial charge in [0.05, 0.1) is 12.8 Å². The summed E-state index contributed by atoms with van der Waals surface area (Å²) in [5, 5.41) is 4.22. The van der Waals surface area contributed by atoms with Crippen molar-refractivity contribution in [2.45, 2.75) is 46.6 Å². The largest absolute Gasteiger partial charge is 0.467 e. The molecule has 0 aliphatic heterocycles. The third-order valence-corrected chi connectivity index (χ3v) is 3.49. The SMILES string of the molecule is COC(=O)[C@H](CC(C)C)n1nc(CC=O)c(C)c(C)c1=O. The van der Waals surface area contributed by atoms with Gasteiger partial charge in [0.25, 0.3) is 5.56 Å². The first-order valence-electron chi connectivity index (χ1n) is 6.93. The molecule has 0 aromatic carbocycles. The highest BCUT2D eigenvalue weighted by Crippen LogP contribution is 2.18. The van der Waals surface area contributed by atoms with Crippen molar-refractivity contribution in [1.82, 2.24) is 9.78 Å². The van der Waals surface area contributed by atoms with Gasteiger partial charge in [0.15, 0.2) is 6.04 Å². The van der Waals surface area contributed by atoms with Crippen LogP contribution in [0.25, 0.3) is 0 Å². The van der Waals surface area contributed by atoms with Crippen molar-refractivity contribution in [2.24, 2.45) is 5.92 Å². The van der Waals surface area contributed by atoms with E-state index in [0.717, 1.165) is 11.0 Å². The quantitative estimate of drug-likeness (QED) is 0.585. The summed E-state index contributed by atoms with van der Waals surface area (Å²) < 4.78 is 5.94. The third kappa shape index (κ3) is 3.77. The molecule has 1 rings (SSSR count). The lowest BCUT2D eigenvalue weighted by Crippen LogP contribution is -2.36. The Morgan fingerprint density at radius 1 is 1.33 bits per heavy atom. The van der Waals surface area contributed by atoms with E-state index < -0.39 is 12.0 Å². The summed E-state index contributed by atoms with van der Waals surface area (Å²) in [5.74, 6) is -0.308. The molecule has 0 spiro atoms. The standard InChI is InChI=1S/C15H22N2O4/c1-9(2)8-13(15(20)21-5)17-14(19)11(4)10(3)12(16-17)6-7-18/h7,9,13H,6,8H2,1-5H3/t13-/m0/s1. The number of methoxy groups -OCH3 is 1. The monoisotopic (exact) mass is 294 g/mol. The number of aldehydes is 1. The van der Waals surface area contributed by atoms with Crippen LogP contribution in [0.3, 0.4) is 0 Å². The molecule has 1 aromatic heterocycles. The van der Waals surface area contributed by atoms with Gasteiger partial charge < -0.3 is 9.53 Å². The van der Waals surface area contributed by atoms with Crippen molar-refractivity contribution in [3.05, 3.63) is 27.2 Å². The summed E-state index contributed by atoms with van der Waals surface area (Å²) in [5.41, 5.74) is 1.38. The van der Waals surface area contributed by atoms with Gasteiger partial charge in [-0.3, -0.25) is 4.79 Å². The molecule has 0 amide bonds. The van der Waals surface area contributed by atoms with Crippen molar-refractivity contribution >= 4 is 12.3 Å². The van der Waals surface area contributed by atoms with Crippen LogP contribution in [-0.4, -0.2) is 29.1 Å². The topological polar surface area (TPSA) is 78.3 Å². The van der Waals surface area contributed by atoms with E-state index in [0.29, 0.717) is 23.2 Å². The smallest absolute Gasteiger partial charge is 0.330 e. The first-order valence-corrected chi connectivity index (χ1v) is 6.93. The van der Waals surface area contributed by atoms with E-state index >= 15 is 0 Å². The van der Waals surface area contributed by atoms with Gasteiger partial charge in [0.1, 0.15) is 6.29 Å². The Morgan fingerprint density at radius 2 is 1.95 bits per heavy atom. The Morgan fingerprint density at radius 3 is 2.43 bits per heavy atom. The molecule has 6 heteroatoms. The van der Waals surface area contributed by atoms with Gasteiger partial charge in [-0.15, -0.1) is 0 Å².